The summed E-state index contributed by atoms with van der Waals surface area (Å²) >= 11 is 6.25. The number of amides is 1. The minimum absolute atomic E-state index is 0.105. The fourth-order valence-corrected chi connectivity index (χ4v) is 4.62. The number of carboxylic acid groups (broad SMARTS) is 1. The van der Waals surface area contributed by atoms with E-state index in [1.165, 1.54) is 6.20 Å². The number of hydrogen-bond donors (Lipinski definition) is 3. The summed E-state index contributed by atoms with van der Waals surface area (Å²) in [5, 5.41) is 32.4. The zero-order chi connectivity index (χ0) is 36.5. The number of aliphatic carboxylic acids is 1. The lowest BCUT2D eigenvalue weighted by atomic mass is 10.2. The van der Waals surface area contributed by atoms with Gasteiger partial charge in [-0.25, -0.2) is 15.0 Å². The van der Waals surface area contributed by atoms with Crippen LogP contribution in [0.1, 0.15) is 41.0 Å². The molecule has 1 radical (unpaired) electrons. The molecule has 0 unspecified atom stereocenters. The molecule has 2 aromatic heterocycles. The summed E-state index contributed by atoms with van der Waals surface area (Å²) in [5.74, 6) is 0.671. The third-order valence-electron chi connectivity index (χ3n) is 6.72. The standard InChI is InChI=1S/C23H25ClN7O2.C6H10N2O9/c1-15-5-3-10-31(15)23-29-13-17(22(32)28-14-20-25-8-4-9-26-20)21(30-23)27-12-16-6-7-19(33-2)18(24)11-16;9-6(10)1-2-15-3-5(17-8(13)14)4-16-7(11)12/h4,6-9,11,13,15H,1,3,5,10,12,14H2,2H3,(H,28,32)(H,27,29,30);5H,1-4H2,(H,9,10)/t15-;5-/m00/s1. The maximum absolute atomic E-state index is 12.9. The zero-order valence-electron chi connectivity index (χ0n) is 26.8. The van der Waals surface area contributed by atoms with Gasteiger partial charge in [-0.05, 0) is 43.5 Å². The van der Waals surface area contributed by atoms with Crippen LogP contribution in [-0.2, 0) is 32.3 Å². The van der Waals surface area contributed by atoms with Crippen molar-refractivity contribution in [3.63, 3.8) is 0 Å². The normalized spacial score (nSPS) is 14.1. The van der Waals surface area contributed by atoms with Gasteiger partial charge in [-0.2, -0.15) is 4.98 Å². The highest BCUT2D eigenvalue weighted by molar-refractivity contribution is 6.32. The van der Waals surface area contributed by atoms with Crippen molar-refractivity contribution in [2.45, 2.75) is 44.5 Å². The van der Waals surface area contributed by atoms with Crippen LogP contribution in [0.3, 0.4) is 0 Å². The molecule has 1 aliphatic rings. The molecule has 1 aromatic carbocycles. The monoisotopic (exact) mass is 720 g/mol. The van der Waals surface area contributed by atoms with E-state index in [4.69, 9.17) is 26.2 Å². The predicted octanol–water partition coefficient (Wildman–Crippen LogP) is 2.54. The van der Waals surface area contributed by atoms with Crippen LogP contribution < -0.4 is 20.3 Å². The fourth-order valence-electron chi connectivity index (χ4n) is 4.34. The molecule has 269 valence electrons. The van der Waals surface area contributed by atoms with Crippen LogP contribution in [-0.4, -0.2) is 92.7 Å². The van der Waals surface area contributed by atoms with E-state index < -0.39 is 28.9 Å². The van der Waals surface area contributed by atoms with E-state index in [2.05, 4.69) is 52.1 Å². The van der Waals surface area contributed by atoms with Gasteiger partial charge in [0, 0.05) is 37.7 Å². The number of rotatable bonds is 18. The molecule has 1 amide bonds. The van der Waals surface area contributed by atoms with E-state index in [9.17, 15) is 29.8 Å². The SMILES string of the molecule is O=C(O)CCOC[C@@H](CO[N+](=O)[O-])O[N+](=O)[O-].[CH2][C@H]1CCCN1c1ncc(C(=O)NCc2ncccn2)c(NCc2ccc(OC)c(Cl)c2)n1. The number of nitrogens with zero attached hydrogens (tertiary/aromatic N) is 7. The van der Waals surface area contributed by atoms with Crippen LogP contribution in [0, 0.1) is 27.2 Å². The van der Waals surface area contributed by atoms with E-state index in [0.29, 0.717) is 40.5 Å². The quantitative estimate of drug-likeness (QED) is 0.0968. The van der Waals surface area contributed by atoms with Crippen LogP contribution in [0.15, 0.2) is 42.9 Å². The summed E-state index contributed by atoms with van der Waals surface area (Å²) in [6.07, 6.45) is 5.23. The Kier molecular flexibility index (Phi) is 15.5. The first-order valence-corrected chi connectivity index (χ1v) is 15.3. The summed E-state index contributed by atoms with van der Waals surface area (Å²) in [6.45, 7) is 4.36. The Balaban J connectivity index is 0.000000338. The van der Waals surface area contributed by atoms with E-state index in [-0.39, 0.29) is 38.1 Å². The number of methoxy groups -OCH3 is 1. The number of anilines is 2. The highest BCUT2D eigenvalue weighted by Gasteiger charge is 2.25. The fraction of sp³-hybridized carbons (Fsp3) is 0.414. The third-order valence-corrected chi connectivity index (χ3v) is 7.02. The summed E-state index contributed by atoms with van der Waals surface area (Å²) in [4.78, 5) is 70.2. The first-order chi connectivity index (χ1) is 24.0. The van der Waals surface area contributed by atoms with Crippen molar-refractivity contribution in [2.75, 3.05) is 43.7 Å². The Morgan fingerprint density at radius 3 is 2.54 bits per heavy atom. The molecule has 21 heteroatoms. The molecule has 0 saturated carbocycles. The van der Waals surface area contributed by atoms with Crippen molar-refractivity contribution < 1.29 is 44.0 Å². The Morgan fingerprint density at radius 2 is 1.92 bits per heavy atom. The highest BCUT2D eigenvalue weighted by Crippen LogP contribution is 2.27. The Morgan fingerprint density at radius 1 is 1.16 bits per heavy atom. The molecule has 1 fully saturated rings. The molecule has 2 atom stereocenters. The van der Waals surface area contributed by atoms with E-state index in [1.807, 2.05) is 12.1 Å². The minimum Gasteiger partial charge on any atom is -0.495 e. The lowest BCUT2D eigenvalue weighted by Crippen LogP contribution is -2.30. The van der Waals surface area contributed by atoms with Gasteiger partial charge in [-0.1, -0.05) is 17.7 Å². The summed E-state index contributed by atoms with van der Waals surface area (Å²) in [6, 6.07) is 7.34. The van der Waals surface area contributed by atoms with Crippen LogP contribution >= 0.6 is 11.6 Å². The second-order valence-electron chi connectivity index (χ2n) is 10.3. The largest absolute Gasteiger partial charge is 0.495 e. The third kappa shape index (κ3) is 13.1. The van der Waals surface area contributed by atoms with Crippen molar-refractivity contribution >= 4 is 35.2 Å². The van der Waals surface area contributed by atoms with Crippen LogP contribution in [0.5, 0.6) is 5.75 Å². The lowest BCUT2D eigenvalue weighted by molar-refractivity contribution is -0.790. The predicted molar refractivity (Wildman–Crippen MR) is 174 cm³/mol. The van der Waals surface area contributed by atoms with Crippen molar-refractivity contribution in [1.29, 1.82) is 0 Å². The average Bonchev–Trinajstić information content (AvgIpc) is 3.53. The molecular weight excluding hydrogens is 686 g/mol. The molecule has 3 heterocycles. The van der Waals surface area contributed by atoms with Gasteiger partial charge in [0.2, 0.25) is 5.95 Å². The number of carboxylic acids is 1. The molecule has 1 aliphatic heterocycles. The Bertz CT molecular complexity index is 1590. The molecule has 0 aliphatic carbocycles. The average molecular weight is 721 g/mol. The van der Waals surface area contributed by atoms with Gasteiger partial charge in [-0.15, -0.1) is 20.2 Å². The van der Waals surface area contributed by atoms with Gasteiger partial charge in [0.25, 0.3) is 16.1 Å². The second kappa shape index (κ2) is 20.0. The van der Waals surface area contributed by atoms with Crippen LogP contribution in [0.4, 0.5) is 11.8 Å². The van der Waals surface area contributed by atoms with E-state index >= 15 is 0 Å². The minimum atomic E-state index is -1.29. The van der Waals surface area contributed by atoms with Gasteiger partial charge in [-0.3, -0.25) is 9.59 Å². The van der Waals surface area contributed by atoms with Crippen molar-refractivity contribution in [3.05, 3.63) is 92.0 Å². The molecule has 3 aromatic rings. The van der Waals surface area contributed by atoms with Crippen LogP contribution in [0.25, 0.3) is 0 Å². The summed E-state index contributed by atoms with van der Waals surface area (Å²) < 4.78 is 9.94. The smallest absolute Gasteiger partial charge is 0.305 e. The molecule has 20 nitrogen and oxygen atoms in total. The zero-order valence-corrected chi connectivity index (χ0v) is 27.6. The Hall–Kier alpha value is -5.63. The number of benzene rings is 1. The van der Waals surface area contributed by atoms with Crippen molar-refractivity contribution in [1.82, 2.24) is 25.3 Å². The van der Waals surface area contributed by atoms with Crippen LogP contribution in [0.2, 0.25) is 5.02 Å². The maximum Gasteiger partial charge on any atom is 0.305 e. The number of nitrogens with one attached hydrogen (secondary N) is 2. The number of ether oxygens (including phenoxy) is 2. The molecule has 0 spiro atoms. The van der Waals surface area contributed by atoms with Crippen molar-refractivity contribution in [2.24, 2.45) is 0 Å². The summed E-state index contributed by atoms with van der Waals surface area (Å²) in [7, 11) is 1.57. The second-order valence-corrected chi connectivity index (χ2v) is 10.7. The molecule has 50 heavy (non-hydrogen) atoms. The number of hydrogen-bond acceptors (Lipinski definition) is 16. The lowest BCUT2D eigenvalue weighted by Gasteiger charge is -2.22. The number of carbonyl (C=O) groups excluding carboxylic acids is 1. The van der Waals surface area contributed by atoms with Gasteiger partial charge in [0.15, 0.2) is 6.10 Å². The molecule has 1 saturated heterocycles. The first kappa shape index (κ1) is 38.8. The van der Waals surface area contributed by atoms with Gasteiger partial charge in [0.1, 0.15) is 29.6 Å². The highest BCUT2D eigenvalue weighted by atomic mass is 35.5. The maximum atomic E-state index is 12.9. The number of carbonyl (C=O) groups is 2. The molecule has 0 bridgehead atoms. The molecule has 3 N–H and O–H groups in total. The molecular formula is C29H35ClN9O11. The summed E-state index contributed by atoms with van der Waals surface area (Å²) in [5.41, 5.74) is 1.25. The number of halogens is 1. The topological polar surface area (TPSA) is 256 Å². The Labute approximate surface area is 290 Å². The van der Waals surface area contributed by atoms with E-state index in [1.54, 1.807) is 31.6 Å². The van der Waals surface area contributed by atoms with Gasteiger partial charge in [0.05, 0.1) is 38.3 Å². The van der Waals surface area contributed by atoms with Gasteiger partial charge < -0.3 is 39.8 Å². The molecule has 4 rings (SSSR count). The van der Waals surface area contributed by atoms with Gasteiger partial charge >= 0.3 is 5.97 Å². The van der Waals surface area contributed by atoms with Crippen molar-refractivity contribution in [3.8, 4) is 5.75 Å². The first-order valence-electron chi connectivity index (χ1n) is 14.9. The van der Waals surface area contributed by atoms with E-state index in [0.717, 1.165) is 24.9 Å². The number of aromatic nitrogens is 4.